The van der Waals surface area contributed by atoms with Gasteiger partial charge >= 0.3 is 6.03 Å². The van der Waals surface area contributed by atoms with Gasteiger partial charge in [0.1, 0.15) is 0 Å². The van der Waals surface area contributed by atoms with Crippen LogP contribution in [0.15, 0.2) is 30.6 Å². The summed E-state index contributed by atoms with van der Waals surface area (Å²) in [4.78, 5) is 18.1. The number of aryl methyl sites for hydroxylation is 1. The van der Waals surface area contributed by atoms with Gasteiger partial charge in [-0.1, -0.05) is 6.07 Å². The van der Waals surface area contributed by atoms with Crippen molar-refractivity contribution in [3.8, 4) is 5.82 Å². The number of aromatic nitrogens is 3. The second kappa shape index (κ2) is 7.45. The zero-order valence-electron chi connectivity index (χ0n) is 14.9. The van der Waals surface area contributed by atoms with Gasteiger partial charge in [0.05, 0.1) is 17.2 Å². The van der Waals surface area contributed by atoms with Crippen molar-refractivity contribution in [2.45, 2.75) is 19.9 Å². The smallest absolute Gasteiger partial charge is 0.317 e. The summed E-state index contributed by atoms with van der Waals surface area (Å²) in [6.45, 7) is 2.72. The molecule has 0 spiro atoms. The van der Waals surface area contributed by atoms with Crippen LogP contribution in [-0.2, 0) is 16.4 Å². The van der Waals surface area contributed by atoms with Gasteiger partial charge in [-0.3, -0.25) is 0 Å². The molecule has 8 nitrogen and oxygen atoms in total. The van der Waals surface area contributed by atoms with E-state index in [4.69, 9.17) is 0 Å². The molecule has 1 N–H and O–H groups in total. The Hall–Kier alpha value is -2.42. The first-order chi connectivity index (χ1) is 12.3. The Morgan fingerprint density at radius 2 is 2.19 bits per heavy atom. The number of hydrogen-bond acceptors (Lipinski definition) is 5. The second-order valence-electron chi connectivity index (χ2n) is 6.73. The lowest BCUT2D eigenvalue weighted by molar-refractivity contribution is 0.202. The zero-order chi connectivity index (χ0) is 18.7. The van der Waals surface area contributed by atoms with Crippen LogP contribution in [0.2, 0.25) is 0 Å². The first-order valence-electron chi connectivity index (χ1n) is 8.49. The summed E-state index contributed by atoms with van der Waals surface area (Å²) in [5.41, 5.74) is 1.80. The third-order valence-electron chi connectivity index (χ3n) is 4.42. The third-order valence-corrected chi connectivity index (χ3v) is 6.25. The molecule has 0 bridgehead atoms. The highest BCUT2D eigenvalue weighted by atomic mass is 32.2. The molecule has 1 aliphatic heterocycles. The van der Waals surface area contributed by atoms with Crippen LogP contribution in [0.5, 0.6) is 0 Å². The summed E-state index contributed by atoms with van der Waals surface area (Å²) < 4.78 is 24.7. The van der Waals surface area contributed by atoms with Crippen LogP contribution in [0.4, 0.5) is 4.79 Å². The van der Waals surface area contributed by atoms with Crippen molar-refractivity contribution in [3.05, 3.63) is 41.9 Å². The lowest BCUT2D eigenvalue weighted by atomic mass is 10.1. The summed E-state index contributed by atoms with van der Waals surface area (Å²) in [6, 6.07) is 5.42. The molecule has 1 unspecified atom stereocenters. The second-order valence-corrected chi connectivity index (χ2v) is 8.96. The average molecular weight is 377 g/mol. The lowest BCUT2D eigenvalue weighted by Gasteiger charge is -2.21. The number of rotatable bonds is 5. The molecule has 0 saturated carbocycles. The fourth-order valence-electron chi connectivity index (χ4n) is 3.00. The first kappa shape index (κ1) is 18.4. The highest BCUT2D eigenvalue weighted by molar-refractivity contribution is 7.91. The standard InChI is InChI=1S/C17H23N5O3S/c1-13-5-7-22(20-13)16-4-3-14(9-18-16)10-19-17(23)21(2)11-15-6-8-26(24,25)12-15/h3-5,7,9,15H,6,8,10-12H2,1-2H3,(H,19,23). The molecule has 3 rings (SSSR count). The van der Waals surface area contributed by atoms with E-state index >= 15 is 0 Å². The molecule has 140 valence electrons. The number of carbonyl (C=O) groups excluding carboxylic acids is 1. The lowest BCUT2D eigenvalue weighted by Crippen LogP contribution is -2.39. The van der Waals surface area contributed by atoms with E-state index < -0.39 is 9.84 Å². The van der Waals surface area contributed by atoms with Crippen LogP contribution in [0, 0.1) is 12.8 Å². The summed E-state index contributed by atoms with van der Waals surface area (Å²) in [7, 11) is -1.24. The molecule has 26 heavy (non-hydrogen) atoms. The number of hydrogen-bond donors (Lipinski definition) is 1. The molecule has 0 aromatic carbocycles. The molecule has 3 heterocycles. The summed E-state index contributed by atoms with van der Waals surface area (Å²) in [5.74, 6) is 1.13. The van der Waals surface area contributed by atoms with Gasteiger partial charge in [0.2, 0.25) is 0 Å². The van der Waals surface area contributed by atoms with Crippen LogP contribution >= 0.6 is 0 Å². The Morgan fingerprint density at radius 1 is 1.38 bits per heavy atom. The Kier molecular flexibility index (Phi) is 5.26. The number of pyridine rings is 1. The molecule has 9 heteroatoms. The van der Waals surface area contributed by atoms with E-state index in [1.807, 2.05) is 31.3 Å². The third kappa shape index (κ3) is 4.60. The molecule has 1 aliphatic rings. The Labute approximate surface area is 153 Å². The van der Waals surface area contributed by atoms with Crippen molar-refractivity contribution in [2.24, 2.45) is 5.92 Å². The van der Waals surface area contributed by atoms with Gasteiger partial charge in [-0.2, -0.15) is 5.10 Å². The molecule has 1 fully saturated rings. The maximum atomic E-state index is 12.2. The van der Waals surface area contributed by atoms with E-state index in [9.17, 15) is 13.2 Å². The first-order valence-corrected chi connectivity index (χ1v) is 10.3. The van der Waals surface area contributed by atoms with E-state index in [0.717, 1.165) is 11.3 Å². The summed E-state index contributed by atoms with van der Waals surface area (Å²) >= 11 is 0. The summed E-state index contributed by atoms with van der Waals surface area (Å²) in [6.07, 6.45) is 4.17. The number of nitrogens with zero attached hydrogens (tertiary/aromatic N) is 4. The molecule has 2 aromatic rings. The topological polar surface area (TPSA) is 97.2 Å². The molecular formula is C17H23N5O3S. The van der Waals surface area contributed by atoms with Gasteiger partial charge < -0.3 is 10.2 Å². The fourth-order valence-corrected chi connectivity index (χ4v) is 4.85. The predicted molar refractivity (Wildman–Crippen MR) is 97.7 cm³/mol. The van der Waals surface area contributed by atoms with E-state index in [1.165, 1.54) is 0 Å². The predicted octanol–water partition coefficient (Wildman–Crippen LogP) is 1.15. The molecule has 2 aromatic heterocycles. The van der Waals surface area contributed by atoms with Crippen LogP contribution in [0.3, 0.4) is 0 Å². The average Bonchev–Trinajstić information content (AvgIpc) is 3.18. The van der Waals surface area contributed by atoms with Gasteiger partial charge in [0.25, 0.3) is 0 Å². The molecular weight excluding hydrogens is 354 g/mol. The highest BCUT2D eigenvalue weighted by Crippen LogP contribution is 2.19. The van der Waals surface area contributed by atoms with Crippen molar-refractivity contribution in [2.75, 3.05) is 25.1 Å². The number of carbonyl (C=O) groups is 1. The van der Waals surface area contributed by atoms with Gasteiger partial charge in [-0.05, 0) is 37.0 Å². The molecule has 1 saturated heterocycles. The van der Waals surface area contributed by atoms with Crippen molar-refractivity contribution >= 4 is 15.9 Å². The molecule has 0 aliphatic carbocycles. The molecule has 1 atom stereocenters. The number of nitrogens with one attached hydrogen (secondary N) is 1. The van der Waals surface area contributed by atoms with Gasteiger partial charge in [0, 0.05) is 32.5 Å². The monoisotopic (exact) mass is 377 g/mol. The van der Waals surface area contributed by atoms with Crippen LogP contribution < -0.4 is 5.32 Å². The van der Waals surface area contributed by atoms with E-state index in [-0.39, 0.29) is 23.5 Å². The van der Waals surface area contributed by atoms with Crippen molar-refractivity contribution in [3.63, 3.8) is 0 Å². The van der Waals surface area contributed by atoms with Gasteiger partial charge in [0.15, 0.2) is 15.7 Å². The minimum atomic E-state index is -2.92. The van der Waals surface area contributed by atoms with Crippen molar-refractivity contribution in [1.82, 2.24) is 25.0 Å². The zero-order valence-corrected chi connectivity index (χ0v) is 15.7. The molecule has 0 radical (unpaired) electrons. The molecule has 2 amide bonds. The van der Waals surface area contributed by atoms with Gasteiger partial charge in [-0.25, -0.2) is 22.9 Å². The van der Waals surface area contributed by atoms with E-state index in [1.54, 1.807) is 22.8 Å². The van der Waals surface area contributed by atoms with E-state index in [2.05, 4.69) is 15.4 Å². The van der Waals surface area contributed by atoms with Gasteiger partial charge in [-0.15, -0.1) is 0 Å². The number of amides is 2. The normalized spacial score (nSPS) is 18.6. The minimum Gasteiger partial charge on any atom is -0.334 e. The van der Waals surface area contributed by atoms with Crippen molar-refractivity contribution < 1.29 is 13.2 Å². The Balaban J connectivity index is 1.49. The van der Waals surface area contributed by atoms with Crippen LogP contribution in [-0.4, -0.2) is 59.2 Å². The summed E-state index contributed by atoms with van der Waals surface area (Å²) in [5, 5.41) is 7.13. The number of urea groups is 1. The largest absolute Gasteiger partial charge is 0.334 e. The maximum Gasteiger partial charge on any atom is 0.317 e. The number of sulfone groups is 1. The highest BCUT2D eigenvalue weighted by Gasteiger charge is 2.29. The quantitative estimate of drug-likeness (QED) is 0.843. The SMILES string of the molecule is Cc1ccn(-c2ccc(CNC(=O)N(C)CC3CCS(=O)(=O)C3)cn2)n1. The fraction of sp³-hybridized carbons (Fsp3) is 0.471. The van der Waals surface area contributed by atoms with Crippen LogP contribution in [0.25, 0.3) is 5.82 Å². The Bertz CT molecular complexity index is 876. The Morgan fingerprint density at radius 3 is 2.77 bits per heavy atom. The van der Waals surface area contributed by atoms with Crippen LogP contribution in [0.1, 0.15) is 17.7 Å². The van der Waals surface area contributed by atoms with Crippen molar-refractivity contribution in [1.29, 1.82) is 0 Å². The maximum absolute atomic E-state index is 12.2. The van der Waals surface area contributed by atoms with E-state index in [0.29, 0.717) is 25.3 Å². The minimum absolute atomic E-state index is 0.0224.